The van der Waals surface area contributed by atoms with E-state index in [2.05, 4.69) is 4.90 Å². The summed E-state index contributed by atoms with van der Waals surface area (Å²) in [5.74, 6) is -1.16. The first-order chi connectivity index (χ1) is 16.9. The van der Waals surface area contributed by atoms with Gasteiger partial charge in [0, 0.05) is 30.9 Å². The molecule has 0 atom stereocenters. The summed E-state index contributed by atoms with van der Waals surface area (Å²) in [6.07, 6.45) is 3.58. The fourth-order valence-electron chi connectivity index (χ4n) is 4.47. The van der Waals surface area contributed by atoms with Crippen LogP contribution in [0.15, 0.2) is 60.7 Å². The van der Waals surface area contributed by atoms with Gasteiger partial charge in [-0.25, -0.2) is 8.78 Å². The summed E-state index contributed by atoms with van der Waals surface area (Å²) >= 11 is 0. The van der Waals surface area contributed by atoms with Crippen molar-refractivity contribution in [2.45, 2.75) is 32.2 Å². The van der Waals surface area contributed by atoms with Gasteiger partial charge in [0.2, 0.25) is 0 Å². The molecule has 5 nitrogen and oxygen atoms in total. The SMILES string of the molecule is COc1ccc(N2CCN(Cc3ccc(F)c(F)c3)CCCCCc3ccc(O)cc3C2=O)cc1. The number of rotatable bonds is 4. The normalized spacial score (nSPS) is 15.7. The zero-order valence-corrected chi connectivity index (χ0v) is 19.8. The molecule has 184 valence electrons. The van der Waals surface area contributed by atoms with Crippen LogP contribution in [0.5, 0.6) is 11.5 Å². The van der Waals surface area contributed by atoms with Gasteiger partial charge in [-0.15, -0.1) is 0 Å². The first-order valence-corrected chi connectivity index (χ1v) is 11.9. The van der Waals surface area contributed by atoms with E-state index in [0.717, 1.165) is 49.5 Å². The molecular weight excluding hydrogens is 450 g/mol. The van der Waals surface area contributed by atoms with E-state index in [1.54, 1.807) is 42.3 Å². The zero-order valence-electron chi connectivity index (χ0n) is 19.8. The largest absolute Gasteiger partial charge is 0.508 e. The van der Waals surface area contributed by atoms with Crippen molar-refractivity contribution in [3.63, 3.8) is 0 Å². The number of benzene rings is 3. The van der Waals surface area contributed by atoms with Crippen molar-refractivity contribution in [1.29, 1.82) is 0 Å². The number of methoxy groups -OCH3 is 1. The molecule has 1 aliphatic heterocycles. The number of nitrogens with zero attached hydrogens (tertiary/aromatic N) is 2. The lowest BCUT2D eigenvalue weighted by Gasteiger charge is -2.29. The van der Waals surface area contributed by atoms with Crippen molar-refractivity contribution >= 4 is 11.6 Å². The molecule has 3 aromatic rings. The van der Waals surface area contributed by atoms with Gasteiger partial charge in [-0.3, -0.25) is 9.69 Å². The van der Waals surface area contributed by atoms with Gasteiger partial charge < -0.3 is 14.7 Å². The van der Waals surface area contributed by atoms with Crippen LogP contribution in [-0.4, -0.2) is 42.7 Å². The number of ether oxygens (including phenoxy) is 1. The Bertz CT molecular complexity index is 1170. The van der Waals surface area contributed by atoms with Crippen molar-refractivity contribution < 1.29 is 23.4 Å². The molecule has 0 aromatic heterocycles. The number of hydrogen-bond donors (Lipinski definition) is 1. The monoisotopic (exact) mass is 480 g/mol. The summed E-state index contributed by atoms with van der Waals surface area (Å²) in [7, 11) is 1.59. The molecule has 0 unspecified atom stereocenters. The van der Waals surface area contributed by atoms with E-state index in [0.29, 0.717) is 36.5 Å². The molecule has 0 saturated heterocycles. The second-order valence-corrected chi connectivity index (χ2v) is 8.83. The van der Waals surface area contributed by atoms with Gasteiger partial charge in [-0.1, -0.05) is 18.6 Å². The minimum atomic E-state index is -0.861. The quantitative estimate of drug-likeness (QED) is 0.532. The number of halogens is 2. The maximum Gasteiger partial charge on any atom is 0.258 e. The maximum absolute atomic E-state index is 13.8. The number of phenols is 1. The van der Waals surface area contributed by atoms with Crippen LogP contribution in [0.3, 0.4) is 0 Å². The Labute approximate surface area is 204 Å². The predicted molar refractivity (Wildman–Crippen MR) is 132 cm³/mol. The number of amides is 1. The molecule has 3 aromatic carbocycles. The number of anilines is 1. The Morgan fingerprint density at radius 2 is 1.69 bits per heavy atom. The van der Waals surface area contributed by atoms with Crippen LogP contribution in [-0.2, 0) is 13.0 Å². The number of carbonyl (C=O) groups excluding carboxylic acids is 1. The van der Waals surface area contributed by atoms with Crippen LogP contribution in [0.25, 0.3) is 0 Å². The molecule has 1 amide bonds. The zero-order chi connectivity index (χ0) is 24.8. The molecule has 0 radical (unpaired) electrons. The van der Waals surface area contributed by atoms with Crippen molar-refractivity contribution in [3.8, 4) is 11.5 Å². The summed E-state index contributed by atoms with van der Waals surface area (Å²) in [5, 5.41) is 10.1. The Morgan fingerprint density at radius 3 is 2.43 bits per heavy atom. The van der Waals surface area contributed by atoms with Crippen LogP contribution in [0.4, 0.5) is 14.5 Å². The molecule has 35 heavy (non-hydrogen) atoms. The highest BCUT2D eigenvalue weighted by molar-refractivity contribution is 6.07. The molecule has 1 aliphatic rings. The van der Waals surface area contributed by atoms with Gasteiger partial charge in [0.15, 0.2) is 11.6 Å². The third-order valence-electron chi connectivity index (χ3n) is 6.40. The smallest absolute Gasteiger partial charge is 0.258 e. The molecule has 0 saturated carbocycles. The Hall–Kier alpha value is -3.45. The topological polar surface area (TPSA) is 53.0 Å². The second kappa shape index (κ2) is 11.3. The molecule has 0 fully saturated rings. The van der Waals surface area contributed by atoms with E-state index in [9.17, 15) is 18.7 Å². The van der Waals surface area contributed by atoms with Crippen LogP contribution in [0, 0.1) is 11.6 Å². The van der Waals surface area contributed by atoms with Gasteiger partial charge in [0.1, 0.15) is 11.5 Å². The van der Waals surface area contributed by atoms with E-state index >= 15 is 0 Å². The Morgan fingerprint density at radius 1 is 0.886 bits per heavy atom. The lowest BCUT2D eigenvalue weighted by atomic mass is 9.99. The third kappa shape index (κ3) is 6.17. The lowest BCUT2D eigenvalue weighted by Crippen LogP contribution is -2.39. The number of hydrogen-bond acceptors (Lipinski definition) is 4. The first-order valence-electron chi connectivity index (χ1n) is 11.9. The van der Waals surface area contributed by atoms with E-state index in [1.807, 2.05) is 18.2 Å². The van der Waals surface area contributed by atoms with Gasteiger partial charge in [-0.05, 0) is 85.5 Å². The fraction of sp³-hybridized carbons (Fsp3) is 0.321. The maximum atomic E-state index is 13.8. The highest BCUT2D eigenvalue weighted by Crippen LogP contribution is 2.26. The van der Waals surface area contributed by atoms with Crippen LogP contribution < -0.4 is 9.64 Å². The van der Waals surface area contributed by atoms with Crippen molar-refractivity contribution in [1.82, 2.24) is 4.90 Å². The van der Waals surface area contributed by atoms with Crippen LogP contribution in [0.1, 0.15) is 40.7 Å². The number of fused-ring (bicyclic) bond motifs is 1. The predicted octanol–water partition coefficient (Wildman–Crippen LogP) is 5.55. The minimum Gasteiger partial charge on any atom is -0.508 e. The van der Waals surface area contributed by atoms with E-state index < -0.39 is 11.6 Å². The average Bonchev–Trinajstić information content (AvgIpc) is 2.86. The lowest BCUT2D eigenvalue weighted by molar-refractivity contribution is 0.0981. The number of phenolic OH excluding ortho intramolecular Hbond substituents is 1. The van der Waals surface area contributed by atoms with Gasteiger partial charge >= 0.3 is 0 Å². The summed E-state index contributed by atoms with van der Waals surface area (Å²) in [6.45, 7) is 2.18. The standard InChI is InChI=1S/C28H30F2N2O3/c1-35-24-11-8-22(9-12-24)32-16-15-31(19-20-6-13-26(29)27(30)17-20)14-4-2-3-5-21-7-10-23(33)18-25(21)28(32)34/h6-13,17-18,33H,2-5,14-16,19H2,1H3. The highest BCUT2D eigenvalue weighted by Gasteiger charge is 2.23. The van der Waals surface area contributed by atoms with Crippen LogP contribution in [0.2, 0.25) is 0 Å². The fourth-order valence-corrected chi connectivity index (χ4v) is 4.47. The van der Waals surface area contributed by atoms with E-state index in [-0.39, 0.29) is 11.7 Å². The molecule has 4 rings (SSSR count). The Kier molecular flexibility index (Phi) is 7.98. The van der Waals surface area contributed by atoms with Gasteiger partial charge in [-0.2, -0.15) is 0 Å². The summed E-state index contributed by atoms with van der Waals surface area (Å²) in [4.78, 5) is 17.7. The molecule has 1 N–H and O–H groups in total. The summed E-state index contributed by atoms with van der Waals surface area (Å²) in [5.41, 5.74) is 2.82. The second-order valence-electron chi connectivity index (χ2n) is 8.83. The van der Waals surface area contributed by atoms with Crippen molar-refractivity contribution in [2.75, 3.05) is 31.6 Å². The molecule has 1 heterocycles. The van der Waals surface area contributed by atoms with Crippen molar-refractivity contribution in [3.05, 3.63) is 89.0 Å². The van der Waals surface area contributed by atoms with E-state index in [1.165, 1.54) is 6.07 Å². The molecule has 0 spiro atoms. The van der Waals surface area contributed by atoms with Gasteiger partial charge in [0.25, 0.3) is 5.91 Å². The van der Waals surface area contributed by atoms with Crippen molar-refractivity contribution in [2.24, 2.45) is 0 Å². The highest BCUT2D eigenvalue weighted by atomic mass is 19.2. The minimum absolute atomic E-state index is 0.0545. The molecular formula is C28H30F2N2O3. The number of aryl methyl sites for hydroxylation is 1. The summed E-state index contributed by atoms with van der Waals surface area (Å²) in [6, 6.07) is 16.3. The first kappa shape index (κ1) is 24.7. The third-order valence-corrected chi connectivity index (χ3v) is 6.40. The summed E-state index contributed by atoms with van der Waals surface area (Å²) < 4.78 is 32.5. The number of aromatic hydroxyl groups is 1. The van der Waals surface area contributed by atoms with E-state index in [4.69, 9.17) is 4.74 Å². The number of carbonyl (C=O) groups is 1. The molecule has 7 heteroatoms. The molecule has 0 aliphatic carbocycles. The Balaban J connectivity index is 1.65. The average molecular weight is 481 g/mol. The van der Waals surface area contributed by atoms with Gasteiger partial charge in [0.05, 0.1) is 7.11 Å². The van der Waals surface area contributed by atoms with Crippen LogP contribution >= 0.6 is 0 Å². The molecule has 0 bridgehead atoms.